The summed E-state index contributed by atoms with van der Waals surface area (Å²) in [5, 5.41) is 9.40. The first-order chi connectivity index (χ1) is 8.74. The Morgan fingerprint density at radius 3 is 2.89 bits per heavy atom. The number of aromatic nitrogens is 1. The molecule has 0 bridgehead atoms. The zero-order chi connectivity index (χ0) is 13.0. The molecule has 0 aliphatic carbocycles. The van der Waals surface area contributed by atoms with E-state index in [-0.39, 0.29) is 11.3 Å². The molecule has 0 radical (unpaired) electrons. The number of nitrogens with zero attached hydrogens (tertiary/aromatic N) is 2. The van der Waals surface area contributed by atoms with E-state index in [4.69, 9.17) is 21.6 Å². The summed E-state index contributed by atoms with van der Waals surface area (Å²) >= 11 is 5.78. The standard InChI is InChI=1S/C13H7ClN2O2/c14-11-4-12(7-16-6-11)18-13-9(5-15)2-1-3-10(13)8-17/h1-4,6-8H. The van der Waals surface area contributed by atoms with Crippen molar-refractivity contribution in [3.05, 3.63) is 52.8 Å². The van der Waals surface area contributed by atoms with E-state index >= 15 is 0 Å². The average molecular weight is 259 g/mol. The minimum absolute atomic E-state index is 0.207. The Morgan fingerprint density at radius 1 is 1.39 bits per heavy atom. The first-order valence-electron chi connectivity index (χ1n) is 5.01. The molecule has 0 atom stereocenters. The van der Waals surface area contributed by atoms with Crippen molar-refractivity contribution in [1.82, 2.24) is 4.98 Å². The van der Waals surface area contributed by atoms with Gasteiger partial charge in [-0.15, -0.1) is 0 Å². The molecule has 88 valence electrons. The molecule has 0 amide bonds. The fourth-order valence-electron chi connectivity index (χ4n) is 1.42. The van der Waals surface area contributed by atoms with Crippen LogP contribution in [0.4, 0.5) is 0 Å². The third kappa shape index (κ3) is 2.47. The van der Waals surface area contributed by atoms with E-state index in [2.05, 4.69) is 4.98 Å². The van der Waals surface area contributed by atoms with Crippen LogP contribution in [0, 0.1) is 11.3 Å². The van der Waals surface area contributed by atoms with Crippen LogP contribution in [0.15, 0.2) is 36.7 Å². The monoisotopic (exact) mass is 258 g/mol. The molecule has 0 saturated heterocycles. The summed E-state index contributed by atoms with van der Waals surface area (Å²) in [4.78, 5) is 14.8. The molecule has 18 heavy (non-hydrogen) atoms. The lowest BCUT2D eigenvalue weighted by molar-refractivity contribution is 0.112. The molecule has 5 heteroatoms. The molecule has 1 heterocycles. The van der Waals surface area contributed by atoms with E-state index in [1.807, 2.05) is 6.07 Å². The molecule has 0 saturated carbocycles. The van der Waals surface area contributed by atoms with Crippen LogP contribution in [0.25, 0.3) is 0 Å². The van der Waals surface area contributed by atoms with Crippen molar-refractivity contribution in [2.24, 2.45) is 0 Å². The Balaban J connectivity index is 2.45. The van der Waals surface area contributed by atoms with E-state index in [0.717, 1.165) is 0 Å². The number of para-hydroxylation sites is 1. The second-order valence-corrected chi connectivity index (χ2v) is 3.83. The predicted octanol–water partition coefficient (Wildman–Crippen LogP) is 3.21. The van der Waals surface area contributed by atoms with E-state index in [1.165, 1.54) is 12.4 Å². The summed E-state index contributed by atoms with van der Waals surface area (Å²) in [6, 6.07) is 8.28. The van der Waals surface area contributed by atoms with Crippen LogP contribution in [0.5, 0.6) is 11.5 Å². The van der Waals surface area contributed by atoms with Gasteiger partial charge in [0.25, 0.3) is 0 Å². The third-order valence-electron chi connectivity index (χ3n) is 2.19. The number of aldehydes is 1. The van der Waals surface area contributed by atoms with Crippen LogP contribution in [-0.4, -0.2) is 11.3 Å². The molecule has 1 aromatic carbocycles. The number of carbonyl (C=O) groups is 1. The van der Waals surface area contributed by atoms with Crippen LogP contribution in [0.3, 0.4) is 0 Å². The molecule has 1 aromatic heterocycles. The van der Waals surface area contributed by atoms with Crippen molar-refractivity contribution in [3.63, 3.8) is 0 Å². The van der Waals surface area contributed by atoms with Crippen LogP contribution in [-0.2, 0) is 0 Å². The maximum absolute atomic E-state index is 10.9. The number of nitriles is 1. The molecule has 0 aliphatic heterocycles. The normalized spacial score (nSPS) is 9.56. The first-order valence-corrected chi connectivity index (χ1v) is 5.39. The highest BCUT2D eigenvalue weighted by Crippen LogP contribution is 2.28. The second-order valence-electron chi connectivity index (χ2n) is 3.39. The van der Waals surface area contributed by atoms with Crippen LogP contribution >= 0.6 is 11.6 Å². The smallest absolute Gasteiger partial charge is 0.155 e. The molecular weight excluding hydrogens is 252 g/mol. The maximum Gasteiger partial charge on any atom is 0.155 e. The zero-order valence-corrected chi connectivity index (χ0v) is 9.89. The van der Waals surface area contributed by atoms with Gasteiger partial charge < -0.3 is 4.74 Å². The molecule has 2 aromatic rings. The third-order valence-corrected chi connectivity index (χ3v) is 2.40. The average Bonchev–Trinajstić information content (AvgIpc) is 2.39. The summed E-state index contributed by atoms with van der Waals surface area (Å²) < 4.78 is 5.50. The lowest BCUT2D eigenvalue weighted by atomic mass is 10.1. The topological polar surface area (TPSA) is 63.0 Å². The van der Waals surface area contributed by atoms with Gasteiger partial charge in [-0.05, 0) is 12.1 Å². The van der Waals surface area contributed by atoms with Gasteiger partial charge in [0, 0.05) is 12.3 Å². The van der Waals surface area contributed by atoms with Crippen molar-refractivity contribution in [1.29, 1.82) is 5.26 Å². The van der Waals surface area contributed by atoms with E-state index < -0.39 is 0 Å². The van der Waals surface area contributed by atoms with Crippen LogP contribution < -0.4 is 4.74 Å². The summed E-state index contributed by atoms with van der Waals surface area (Å²) in [7, 11) is 0. The Kier molecular flexibility index (Phi) is 3.56. The highest BCUT2D eigenvalue weighted by molar-refractivity contribution is 6.30. The van der Waals surface area contributed by atoms with Gasteiger partial charge >= 0.3 is 0 Å². The van der Waals surface area contributed by atoms with Gasteiger partial charge in [-0.25, -0.2) is 0 Å². The summed E-state index contributed by atoms with van der Waals surface area (Å²) in [6.07, 6.45) is 3.55. The number of benzene rings is 1. The van der Waals surface area contributed by atoms with E-state index in [9.17, 15) is 4.79 Å². The molecule has 2 rings (SSSR count). The quantitative estimate of drug-likeness (QED) is 0.793. The minimum atomic E-state index is 0.207. The van der Waals surface area contributed by atoms with Crippen molar-refractivity contribution in [2.75, 3.05) is 0 Å². The molecule has 0 unspecified atom stereocenters. The lowest BCUT2D eigenvalue weighted by Gasteiger charge is -2.09. The Hall–Kier alpha value is -2.38. The van der Waals surface area contributed by atoms with Crippen molar-refractivity contribution < 1.29 is 9.53 Å². The number of carbonyl (C=O) groups excluding carboxylic acids is 1. The highest BCUT2D eigenvalue weighted by atomic mass is 35.5. The van der Waals surface area contributed by atoms with Gasteiger partial charge in [0.05, 0.1) is 22.3 Å². The summed E-state index contributed by atoms with van der Waals surface area (Å²) in [5.74, 6) is 0.576. The van der Waals surface area contributed by atoms with Crippen molar-refractivity contribution in [3.8, 4) is 17.6 Å². The first kappa shape index (κ1) is 12.1. The maximum atomic E-state index is 10.9. The Morgan fingerprint density at radius 2 is 2.22 bits per heavy atom. The van der Waals surface area contributed by atoms with E-state index in [0.29, 0.717) is 22.6 Å². The summed E-state index contributed by atoms with van der Waals surface area (Å²) in [6.45, 7) is 0. The number of rotatable bonds is 3. The molecular formula is C13H7ClN2O2. The number of halogens is 1. The zero-order valence-electron chi connectivity index (χ0n) is 9.13. The largest absolute Gasteiger partial charge is 0.454 e. The lowest BCUT2D eigenvalue weighted by Crippen LogP contribution is -1.94. The van der Waals surface area contributed by atoms with Gasteiger partial charge in [-0.2, -0.15) is 5.26 Å². The van der Waals surface area contributed by atoms with Gasteiger partial charge in [0.1, 0.15) is 11.8 Å². The van der Waals surface area contributed by atoms with Gasteiger partial charge in [0.2, 0.25) is 0 Å². The summed E-state index contributed by atoms with van der Waals surface area (Å²) in [5.41, 5.74) is 0.577. The van der Waals surface area contributed by atoms with Gasteiger partial charge in [-0.3, -0.25) is 9.78 Å². The number of ether oxygens (including phenoxy) is 1. The van der Waals surface area contributed by atoms with Crippen molar-refractivity contribution >= 4 is 17.9 Å². The Labute approximate surface area is 108 Å². The van der Waals surface area contributed by atoms with E-state index in [1.54, 1.807) is 24.3 Å². The van der Waals surface area contributed by atoms with Gasteiger partial charge in [-0.1, -0.05) is 17.7 Å². The predicted molar refractivity (Wildman–Crippen MR) is 65.9 cm³/mol. The molecule has 4 nitrogen and oxygen atoms in total. The number of hydrogen-bond donors (Lipinski definition) is 0. The molecule has 0 spiro atoms. The number of hydrogen-bond acceptors (Lipinski definition) is 4. The van der Waals surface area contributed by atoms with Crippen LogP contribution in [0.2, 0.25) is 5.02 Å². The van der Waals surface area contributed by atoms with Crippen LogP contribution in [0.1, 0.15) is 15.9 Å². The molecule has 0 fully saturated rings. The Bertz CT molecular complexity index is 635. The van der Waals surface area contributed by atoms with Crippen molar-refractivity contribution in [2.45, 2.75) is 0 Å². The highest BCUT2D eigenvalue weighted by Gasteiger charge is 2.10. The molecule has 0 N–H and O–H groups in total. The van der Waals surface area contributed by atoms with Gasteiger partial charge in [0.15, 0.2) is 12.0 Å². The molecule has 0 aliphatic rings. The number of pyridine rings is 1. The second kappa shape index (κ2) is 5.30. The SMILES string of the molecule is N#Cc1cccc(C=O)c1Oc1cncc(Cl)c1. The minimum Gasteiger partial charge on any atom is -0.454 e. The fourth-order valence-corrected chi connectivity index (χ4v) is 1.58. The fraction of sp³-hybridized carbons (Fsp3) is 0.